The number of carbonyl (C=O) groups is 2. The van der Waals surface area contributed by atoms with E-state index in [0.29, 0.717) is 16.1 Å². The van der Waals surface area contributed by atoms with E-state index >= 15 is 0 Å². The van der Waals surface area contributed by atoms with Crippen LogP contribution in [0.2, 0.25) is 0 Å². The second-order valence-corrected chi connectivity index (χ2v) is 7.12. The van der Waals surface area contributed by atoms with Crippen molar-refractivity contribution < 1.29 is 14.0 Å². The summed E-state index contributed by atoms with van der Waals surface area (Å²) in [6, 6.07) is 13.8. The molecule has 1 unspecified atom stereocenters. The lowest BCUT2D eigenvalue weighted by Gasteiger charge is -2.22. The zero-order chi connectivity index (χ0) is 18.8. The lowest BCUT2D eigenvalue weighted by molar-refractivity contribution is -0.124. The van der Waals surface area contributed by atoms with Crippen molar-refractivity contribution in [3.05, 3.63) is 81.9 Å². The Labute approximate surface area is 158 Å². The highest BCUT2D eigenvalue weighted by Gasteiger charge is 2.30. The van der Waals surface area contributed by atoms with Gasteiger partial charge in [-0.2, -0.15) is 4.99 Å². The molecule has 1 N–H and O–H groups in total. The Morgan fingerprint density at radius 3 is 2.85 bits per heavy atom. The number of carbonyl (C=O) groups excluding carboxylic acids is 2. The van der Waals surface area contributed by atoms with Gasteiger partial charge in [-0.25, -0.2) is 4.39 Å². The lowest BCUT2D eigenvalue weighted by atomic mass is 9.90. The topological polar surface area (TPSA) is 63.5 Å². The number of hydrogen-bond donors (Lipinski definition) is 1. The van der Waals surface area contributed by atoms with E-state index in [-0.39, 0.29) is 30.6 Å². The number of rotatable bonds is 3. The first-order valence-electron chi connectivity index (χ1n) is 8.46. The monoisotopic (exact) mass is 381 g/mol. The quantitative estimate of drug-likeness (QED) is 0.757. The maximum Gasteiger partial charge on any atom is 0.256 e. The highest BCUT2D eigenvalue weighted by molar-refractivity contribution is 7.07. The van der Waals surface area contributed by atoms with E-state index in [4.69, 9.17) is 0 Å². The molecule has 27 heavy (non-hydrogen) atoms. The summed E-state index contributed by atoms with van der Waals surface area (Å²) < 4.78 is 15.7. The van der Waals surface area contributed by atoms with Crippen molar-refractivity contribution in [2.75, 3.05) is 5.32 Å². The van der Waals surface area contributed by atoms with Gasteiger partial charge in [0.25, 0.3) is 5.91 Å². The van der Waals surface area contributed by atoms with Gasteiger partial charge in [-0.05, 0) is 17.7 Å². The average Bonchev–Trinajstić information content (AvgIpc) is 3.09. The first-order chi connectivity index (χ1) is 13.1. The zero-order valence-corrected chi connectivity index (χ0v) is 15.1. The molecule has 0 saturated carbocycles. The van der Waals surface area contributed by atoms with Crippen LogP contribution in [-0.2, 0) is 16.1 Å². The summed E-state index contributed by atoms with van der Waals surface area (Å²) in [5, 5.41) is 4.58. The molecule has 4 rings (SSSR count). The highest BCUT2D eigenvalue weighted by atomic mass is 32.1. The Balaban J connectivity index is 1.66. The lowest BCUT2D eigenvalue weighted by Crippen LogP contribution is -2.28. The number of halogens is 1. The van der Waals surface area contributed by atoms with E-state index in [1.165, 1.54) is 17.4 Å². The molecular formula is C20H16FN3O2S. The summed E-state index contributed by atoms with van der Waals surface area (Å²) in [5.41, 5.74) is 1.93. The SMILES string of the molecule is O=C1CC(C(=O)N=c2sccn2Cc2ccccc2F)c2ccccc2N1. The Bertz CT molecular complexity index is 1090. The zero-order valence-electron chi connectivity index (χ0n) is 14.3. The maximum atomic E-state index is 13.9. The second kappa shape index (κ2) is 7.28. The Morgan fingerprint density at radius 1 is 1.22 bits per heavy atom. The smallest absolute Gasteiger partial charge is 0.256 e. The molecule has 7 heteroatoms. The molecule has 5 nitrogen and oxygen atoms in total. The van der Waals surface area contributed by atoms with Gasteiger partial charge in [0.15, 0.2) is 4.80 Å². The van der Waals surface area contributed by atoms with Crippen molar-refractivity contribution >= 4 is 28.8 Å². The number of aromatic nitrogens is 1. The number of thiazole rings is 1. The summed E-state index contributed by atoms with van der Waals surface area (Å²) in [4.78, 5) is 29.5. The van der Waals surface area contributed by atoms with Gasteiger partial charge in [-0.1, -0.05) is 36.4 Å². The highest BCUT2D eigenvalue weighted by Crippen LogP contribution is 2.32. The molecular weight excluding hydrogens is 365 g/mol. The molecule has 0 saturated heterocycles. The van der Waals surface area contributed by atoms with Crippen molar-refractivity contribution in [2.45, 2.75) is 18.9 Å². The molecule has 0 bridgehead atoms. The predicted octanol–water partition coefficient (Wildman–Crippen LogP) is 3.29. The minimum absolute atomic E-state index is 0.0675. The molecule has 3 aromatic rings. The molecule has 0 fully saturated rings. The van der Waals surface area contributed by atoms with Crippen LogP contribution in [0.3, 0.4) is 0 Å². The fourth-order valence-electron chi connectivity index (χ4n) is 3.12. The molecule has 2 heterocycles. The van der Waals surface area contributed by atoms with Crippen molar-refractivity contribution in [2.24, 2.45) is 4.99 Å². The van der Waals surface area contributed by atoms with Crippen molar-refractivity contribution in [1.29, 1.82) is 0 Å². The number of fused-ring (bicyclic) bond motifs is 1. The molecule has 0 spiro atoms. The van der Waals surface area contributed by atoms with Gasteiger partial charge < -0.3 is 9.88 Å². The molecule has 2 amide bonds. The van der Waals surface area contributed by atoms with Crippen LogP contribution in [-0.4, -0.2) is 16.4 Å². The maximum absolute atomic E-state index is 13.9. The normalized spacial score (nSPS) is 16.7. The number of nitrogens with zero attached hydrogens (tertiary/aromatic N) is 2. The minimum atomic E-state index is -0.612. The Kier molecular flexibility index (Phi) is 4.68. The number of para-hydroxylation sites is 1. The summed E-state index contributed by atoms with van der Waals surface area (Å²) in [6.07, 6.45) is 1.84. The molecule has 136 valence electrons. The van der Waals surface area contributed by atoms with E-state index in [1.54, 1.807) is 40.4 Å². The number of amides is 2. The van der Waals surface area contributed by atoms with Gasteiger partial charge in [0, 0.05) is 29.2 Å². The fourth-order valence-corrected chi connectivity index (χ4v) is 3.85. The van der Waals surface area contributed by atoms with Crippen LogP contribution in [0.4, 0.5) is 10.1 Å². The number of anilines is 1. The third-order valence-corrected chi connectivity index (χ3v) is 5.26. The first-order valence-corrected chi connectivity index (χ1v) is 9.34. The van der Waals surface area contributed by atoms with E-state index in [1.807, 2.05) is 18.2 Å². The molecule has 1 aliphatic rings. The van der Waals surface area contributed by atoms with Gasteiger partial charge in [-0.15, -0.1) is 11.3 Å². The van der Waals surface area contributed by atoms with Crippen molar-refractivity contribution in [3.63, 3.8) is 0 Å². The average molecular weight is 381 g/mol. The molecule has 1 atom stereocenters. The van der Waals surface area contributed by atoms with Crippen molar-refractivity contribution in [3.8, 4) is 0 Å². The first kappa shape index (κ1) is 17.4. The van der Waals surface area contributed by atoms with Crippen LogP contribution in [0.15, 0.2) is 65.1 Å². The number of nitrogens with one attached hydrogen (secondary N) is 1. The molecule has 0 aliphatic carbocycles. The van der Waals surface area contributed by atoms with Crippen LogP contribution in [0, 0.1) is 5.82 Å². The number of hydrogen-bond acceptors (Lipinski definition) is 3. The van der Waals surface area contributed by atoms with Gasteiger partial charge in [0.2, 0.25) is 5.91 Å². The van der Waals surface area contributed by atoms with Crippen LogP contribution in [0.1, 0.15) is 23.5 Å². The van der Waals surface area contributed by atoms with Crippen LogP contribution in [0.5, 0.6) is 0 Å². The van der Waals surface area contributed by atoms with E-state index < -0.39 is 5.92 Å². The number of benzene rings is 2. The summed E-state index contributed by atoms with van der Waals surface area (Å²) in [6.45, 7) is 0.282. The largest absolute Gasteiger partial charge is 0.326 e. The Morgan fingerprint density at radius 2 is 2.00 bits per heavy atom. The van der Waals surface area contributed by atoms with Gasteiger partial charge in [0.05, 0.1) is 12.5 Å². The third kappa shape index (κ3) is 3.59. The third-order valence-electron chi connectivity index (χ3n) is 4.46. The van der Waals surface area contributed by atoms with Gasteiger partial charge in [-0.3, -0.25) is 9.59 Å². The van der Waals surface area contributed by atoms with E-state index in [0.717, 1.165) is 5.56 Å². The van der Waals surface area contributed by atoms with Crippen LogP contribution < -0.4 is 10.1 Å². The van der Waals surface area contributed by atoms with Gasteiger partial charge in [0.1, 0.15) is 5.82 Å². The van der Waals surface area contributed by atoms with E-state index in [9.17, 15) is 14.0 Å². The minimum Gasteiger partial charge on any atom is -0.326 e. The summed E-state index contributed by atoms with van der Waals surface area (Å²) in [7, 11) is 0. The standard InChI is InChI=1S/C20H16FN3O2S/c21-16-7-3-1-5-13(16)12-24-9-10-27-20(24)23-19(26)15-11-18(25)22-17-8-4-2-6-14(15)17/h1-10,15H,11-12H2,(H,22,25). The second-order valence-electron chi connectivity index (χ2n) is 6.25. The molecule has 1 aromatic heterocycles. The van der Waals surface area contributed by atoms with Crippen LogP contribution >= 0.6 is 11.3 Å². The summed E-state index contributed by atoms with van der Waals surface area (Å²) >= 11 is 1.30. The molecule has 2 aromatic carbocycles. The van der Waals surface area contributed by atoms with E-state index in [2.05, 4.69) is 10.3 Å². The Hall–Kier alpha value is -3.06. The van der Waals surface area contributed by atoms with Gasteiger partial charge >= 0.3 is 0 Å². The molecule has 0 radical (unpaired) electrons. The fraction of sp³-hybridized carbons (Fsp3) is 0.150. The molecule has 1 aliphatic heterocycles. The summed E-state index contributed by atoms with van der Waals surface area (Å²) in [5.74, 6) is -1.49. The predicted molar refractivity (Wildman–Crippen MR) is 101 cm³/mol. The van der Waals surface area contributed by atoms with Crippen molar-refractivity contribution in [1.82, 2.24) is 4.57 Å². The van der Waals surface area contributed by atoms with Crippen LogP contribution in [0.25, 0.3) is 0 Å².